The molecule has 1 aromatic heterocycles. The first-order valence-electron chi connectivity index (χ1n) is 15.3. The SMILES string of the molecule is COC(=O)c1c(NC(=O)CSc2cccc(NC(=O)/C(=C\c3c(Cl)cccc3Cl)NC(=O)c3ccccc3)c2)sc2c1CCCCCC2. The van der Waals surface area contributed by atoms with E-state index >= 15 is 0 Å². The van der Waals surface area contributed by atoms with Crippen molar-refractivity contribution in [3.05, 3.63) is 116 Å². The number of anilines is 2. The molecule has 3 N–H and O–H groups in total. The summed E-state index contributed by atoms with van der Waals surface area (Å²) in [4.78, 5) is 54.2. The first-order chi connectivity index (χ1) is 23.2. The van der Waals surface area contributed by atoms with E-state index in [2.05, 4.69) is 16.0 Å². The second-order valence-electron chi connectivity index (χ2n) is 10.9. The van der Waals surface area contributed by atoms with Crippen molar-refractivity contribution in [2.45, 2.75) is 43.4 Å². The average molecular weight is 723 g/mol. The number of esters is 1. The van der Waals surface area contributed by atoms with Crippen LogP contribution in [0.3, 0.4) is 0 Å². The molecule has 0 aliphatic heterocycles. The minimum atomic E-state index is -0.598. The molecule has 0 saturated heterocycles. The zero-order chi connectivity index (χ0) is 34.0. The van der Waals surface area contributed by atoms with Crippen LogP contribution in [-0.4, -0.2) is 36.6 Å². The number of nitrogens with one attached hydrogen (secondary N) is 3. The number of rotatable bonds is 10. The molecule has 1 heterocycles. The van der Waals surface area contributed by atoms with Gasteiger partial charge in [-0.05, 0) is 79.8 Å². The molecule has 4 aromatic rings. The van der Waals surface area contributed by atoms with Gasteiger partial charge >= 0.3 is 5.97 Å². The van der Waals surface area contributed by atoms with Gasteiger partial charge in [-0.3, -0.25) is 14.4 Å². The van der Waals surface area contributed by atoms with E-state index in [1.165, 1.54) is 36.3 Å². The largest absolute Gasteiger partial charge is 0.465 e. The Balaban J connectivity index is 1.29. The number of methoxy groups -OCH3 is 1. The van der Waals surface area contributed by atoms with Crippen LogP contribution in [0.2, 0.25) is 10.0 Å². The number of carbonyl (C=O) groups excluding carboxylic acids is 4. The van der Waals surface area contributed by atoms with Crippen molar-refractivity contribution in [2.24, 2.45) is 0 Å². The normalized spacial score (nSPS) is 13.0. The topological polar surface area (TPSA) is 114 Å². The third kappa shape index (κ3) is 9.08. The maximum absolute atomic E-state index is 13.5. The first-order valence-corrected chi connectivity index (χ1v) is 17.9. The van der Waals surface area contributed by atoms with E-state index in [1.54, 1.807) is 66.7 Å². The summed E-state index contributed by atoms with van der Waals surface area (Å²) in [5.74, 6) is -1.71. The molecule has 0 radical (unpaired) electrons. The van der Waals surface area contributed by atoms with Crippen LogP contribution in [0.15, 0.2) is 83.4 Å². The number of fused-ring (bicyclic) bond motifs is 1. The lowest BCUT2D eigenvalue weighted by Crippen LogP contribution is -2.30. The zero-order valence-electron chi connectivity index (χ0n) is 26.1. The Morgan fingerprint density at radius 1 is 0.875 bits per heavy atom. The van der Waals surface area contributed by atoms with Gasteiger partial charge in [-0.25, -0.2) is 4.79 Å². The Kier molecular flexibility index (Phi) is 12.4. The van der Waals surface area contributed by atoms with Crippen LogP contribution < -0.4 is 16.0 Å². The summed E-state index contributed by atoms with van der Waals surface area (Å²) in [5, 5.41) is 9.58. The summed E-state index contributed by atoms with van der Waals surface area (Å²) >= 11 is 15.5. The fourth-order valence-electron chi connectivity index (χ4n) is 5.23. The van der Waals surface area contributed by atoms with E-state index in [4.69, 9.17) is 27.9 Å². The van der Waals surface area contributed by atoms with Crippen LogP contribution in [0.1, 0.15) is 62.4 Å². The van der Waals surface area contributed by atoms with Gasteiger partial charge < -0.3 is 20.7 Å². The number of aryl methyl sites for hydroxylation is 1. The molecular formula is C36H33Cl2N3O5S2. The van der Waals surface area contributed by atoms with Crippen molar-refractivity contribution in [3.63, 3.8) is 0 Å². The molecule has 1 aliphatic carbocycles. The van der Waals surface area contributed by atoms with Gasteiger partial charge in [0, 0.05) is 36.6 Å². The van der Waals surface area contributed by atoms with E-state index in [9.17, 15) is 19.2 Å². The number of amides is 3. The van der Waals surface area contributed by atoms with Crippen LogP contribution in [0.4, 0.5) is 10.7 Å². The van der Waals surface area contributed by atoms with E-state index in [0.29, 0.717) is 37.4 Å². The Bertz CT molecular complexity index is 1840. The van der Waals surface area contributed by atoms with Crippen molar-refractivity contribution in [1.82, 2.24) is 5.32 Å². The number of hydrogen-bond acceptors (Lipinski definition) is 7. The third-order valence-electron chi connectivity index (χ3n) is 7.59. The summed E-state index contributed by atoms with van der Waals surface area (Å²) in [5.41, 5.74) is 2.57. The minimum Gasteiger partial charge on any atom is -0.465 e. The molecule has 0 bridgehead atoms. The Morgan fingerprint density at radius 3 is 2.31 bits per heavy atom. The maximum Gasteiger partial charge on any atom is 0.341 e. The number of hydrogen-bond donors (Lipinski definition) is 3. The molecule has 3 aromatic carbocycles. The number of halogens is 2. The van der Waals surface area contributed by atoms with Crippen molar-refractivity contribution in [3.8, 4) is 0 Å². The highest BCUT2D eigenvalue weighted by molar-refractivity contribution is 8.00. The van der Waals surface area contributed by atoms with Gasteiger partial charge in [0.25, 0.3) is 11.8 Å². The lowest BCUT2D eigenvalue weighted by molar-refractivity contribution is -0.114. The molecule has 3 amide bonds. The van der Waals surface area contributed by atoms with Crippen LogP contribution in [0, 0.1) is 0 Å². The predicted octanol–water partition coefficient (Wildman–Crippen LogP) is 8.64. The van der Waals surface area contributed by atoms with Gasteiger partial charge in [0.15, 0.2) is 0 Å². The molecule has 0 spiro atoms. The van der Waals surface area contributed by atoms with Crippen LogP contribution in [0.5, 0.6) is 0 Å². The van der Waals surface area contributed by atoms with Crippen molar-refractivity contribution in [1.29, 1.82) is 0 Å². The monoisotopic (exact) mass is 721 g/mol. The van der Waals surface area contributed by atoms with E-state index < -0.39 is 17.8 Å². The highest BCUT2D eigenvalue weighted by Crippen LogP contribution is 2.38. The van der Waals surface area contributed by atoms with Gasteiger partial charge in [0.1, 0.15) is 10.7 Å². The van der Waals surface area contributed by atoms with E-state index in [1.807, 2.05) is 6.07 Å². The Morgan fingerprint density at radius 2 is 1.58 bits per heavy atom. The Hall–Kier alpha value is -4.09. The van der Waals surface area contributed by atoms with E-state index in [-0.39, 0.29) is 17.4 Å². The summed E-state index contributed by atoms with van der Waals surface area (Å²) in [6.07, 6.45) is 7.41. The van der Waals surface area contributed by atoms with Gasteiger partial charge in [-0.2, -0.15) is 0 Å². The van der Waals surface area contributed by atoms with Crippen LogP contribution in [-0.2, 0) is 27.2 Å². The van der Waals surface area contributed by atoms with Crippen LogP contribution >= 0.6 is 46.3 Å². The standard InChI is InChI=1S/C36H33Cl2N3O5S2/c1-46-36(45)32-25-15-7-2-3-8-18-30(25)48-35(32)41-31(42)21-47-24-14-9-13-23(19-24)39-34(44)29(20-26-27(37)16-10-17-28(26)38)40-33(43)22-11-5-4-6-12-22/h4-6,9-14,16-17,19-20H,2-3,7-8,15,18,21H2,1H3,(H,39,44)(H,40,43)(H,41,42)/b29-20+. The molecule has 0 unspecified atom stereocenters. The first kappa shape index (κ1) is 35.2. The molecular weight excluding hydrogens is 689 g/mol. The molecule has 8 nitrogen and oxygen atoms in total. The second kappa shape index (κ2) is 16.8. The number of thioether (sulfide) groups is 1. The highest BCUT2D eigenvalue weighted by Gasteiger charge is 2.26. The lowest BCUT2D eigenvalue weighted by atomic mass is 9.96. The van der Waals surface area contributed by atoms with Gasteiger partial charge in [-0.1, -0.05) is 66.4 Å². The molecule has 0 saturated carbocycles. The van der Waals surface area contributed by atoms with E-state index in [0.717, 1.165) is 53.9 Å². The molecule has 0 atom stereocenters. The van der Waals surface area contributed by atoms with Crippen LogP contribution in [0.25, 0.3) is 6.08 Å². The second-order valence-corrected chi connectivity index (χ2v) is 13.9. The quantitative estimate of drug-likeness (QED) is 0.0859. The number of carbonyl (C=O) groups is 4. The minimum absolute atomic E-state index is 0.0669. The molecule has 48 heavy (non-hydrogen) atoms. The zero-order valence-corrected chi connectivity index (χ0v) is 29.2. The number of benzene rings is 3. The van der Waals surface area contributed by atoms with Crippen molar-refractivity contribution in [2.75, 3.05) is 23.5 Å². The molecule has 1 aliphatic rings. The summed E-state index contributed by atoms with van der Waals surface area (Å²) in [6.45, 7) is 0. The summed E-state index contributed by atoms with van der Waals surface area (Å²) in [6, 6.07) is 20.5. The summed E-state index contributed by atoms with van der Waals surface area (Å²) in [7, 11) is 1.35. The fraction of sp³-hybridized carbons (Fsp3) is 0.222. The van der Waals surface area contributed by atoms with Gasteiger partial charge in [0.05, 0.1) is 18.4 Å². The number of thiophene rings is 1. The summed E-state index contributed by atoms with van der Waals surface area (Å²) < 4.78 is 5.07. The molecule has 5 rings (SSSR count). The van der Waals surface area contributed by atoms with Gasteiger partial charge in [-0.15, -0.1) is 23.1 Å². The Labute approximate surface area is 297 Å². The fourth-order valence-corrected chi connectivity index (χ4v) is 7.79. The highest BCUT2D eigenvalue weighted by atomic mass is 35.5. The maximum atomic E-state index is 13.5. The van der Waals surface area contributed by atoms with Gasteiger partial charge in [0.2, 0.25) is 5.91 Å². The van der Waals surface area contributed by atoms with Crippen molar-refractivity contribution >= 4 is 86.8 Å². The third-order valence-corrected chi connectivity index (χ3v) is 10.5. The van der Waals surface area contributed by atoms with Crippen molar-refractivity contribution < 1.29 is 23.9 Å². The smallest absolute Gasteiger partial charge is 0.341 e. The lowest BCUT2D eigenvalue weighted by Gasteiger charge is -2.13. The molecule has 248 valence electrons. The predicted molar refractivity (Wildman–Crippen MR) is 194 cm³/mol. The molecule has 12 heteroatoms. The number of ether oxygens (including phenoxy) is 1. The molecule has 0 fully saturated rings. The average Bonchev–Trinajstić information content (AvgIpc) is 3.40.